The molecule has 184 valence electrons. The van der Waals surface area contributed by atoms with E-state index < -0.39 is 58.9 Å². The first-order valence-electron chi connectivity index (χ1n) is 11.5. The van der Waals surface area contributed by atoms with Crippen LogP contribution in [0, 0.1) is 16.7 Å². The molecule has 0 aromatic rings. The molecule has 2 saturated heterocycles. The highest BCUT2D eigenvalue weighted by molar-refractivity contribution is 5.70. The van der Waals surface area contributed by atoms with Gasteiger partial charge in [0.1, 0.15) is 36.6 Å². The molecule has 1 N–H and O–H groups in total. The van der Waals surface area contributed by atoms with E-state index in [1.54, 1.807) is 0 Å². The van der Waals surface area contributed by atoms with Gasteiger partial charge in [-0.05, 0) is 18.4 Å². The Morgan fingerprint density at radius 3 is 2.42 bits per heavy atom. The van der Waals surface area contributed by atoms with Crippen LogP contribution >= 0.6 is 0 Å². The van der Waals surface area contributed by atoms with E-state index in [1.165, 1.54) is 13.8 Å². The van der Waals surface area contributed by atoms with Crippen molar-refractivity contribution in [2.75, 3.05) is 13.2 Å². The summed E-state index contributed by atoms with van der Waals surface area (Å²) >= 11 is 0. The lowest BCUT2D eigenvalue weighted by Crippen LogP contribution is -2.68. The third-order valence-corrected chi connectivity index (χ3v) is 8.00. The van der Waals surface area contributed by atoms with Gasteiger partial charge in [-0.25, -0.2) is 0 Å². The van der Waals surface area contributed by atoms with Gasteiger partial charge in [0.2, 0.25) is 0 Å². The first-order chi connectivity index (χ1) is 15.4. The van der Waals surface area contributed by atoms with Crippen molar-refractivity contribution in [2.45, 2.75) is 90.5 Å². The van der Waals surface area contributed by atoms with E-state index in [0.29, 0.717) is 6.61 Å². The molecule has 0 aromatic heterocycles. The zero-order chi connectivity index (χ0) is 24.3. The number of carbonyl (C=O) groups is 3. The van der Waals surface area contributed by atoms with Crippen molar-refractivity contribution in [3.05, 3.63) is 11.6 Å². The van der Waals surface area contributed by atoms with Gasteiger partial charge in [-0.15, -0.1) is 0 Å². The molecule has 33 heavy (non-hydrogen) atoms. The van der Waals surface area contributed by atoms with E-state index in [4.69, 9.17) is 23.7 Å². The molecule has 8 atom stereocenters. The zero-order valence-electron chi connectivity index (χ0n) is 20.1. The maximum atomic E-state index is 12.5. The van der Waals surface area contributed by atoms with Gasteiger partial charge in [0.25, 0.3) is 0 Å². The van der Waals surface area contributed by atoms with Crippen molar-refractivity contribution in [1.29, 1.82) is 0 Å². The molecule has 2 aliphatic heterocycles. The minimum atomic E-state index is -1.11. The highest BCUT2D eigenvalue weighted by Gasteiger charge is 2.86. The summed E-state index contributed by atoms with van der Waals surface area (Å²) in [4.78, 5) is 36.4. The minimum Gasteiger partial charge on any atom is -0.465 e. The van der Waals surface area contributed by atoms with E-state index >= 15 is 0 Å². The average molecular weight is 467 g/mol. The van der Waals surface area contributed by atoms with E-state index in [-0.39, 0.29) is 31.3 Å². The normalized spacial score (nSPS) is 43.0. The second-order valence-corrected chi connectivity index (χ2v) is 10.5. The molecule has 2 aliphatic carbocycles. The second kappa shape index (κ2) is 8.06. The maximum Gasteiger partial charge on any atom is 0.306 e. The number of fused-ring (bicyclic) bond motifs is 2. The lowest BCUT2D eigenvalue weighted by atomic mass is 9.51. The molecule has 0 unspecified atom stereocenters. The SMILES string of the molecule is CC(=O)OC[C@]12C[C@@H](OC(=O)CC(C)C)C(C)=C[C@H]1O[C@@H]1[C@@H](O)[C@H](OC(C)=O)[C@@]2(C)[C@@]12CO2. The largest absolute Gasteiger partial charge is 0.465 e. The Balaban J connectivity index is 1.79. The quantitative estimate of drug-likeness (QED) is 0.270. The van der Waals surface area contributed by atoms with Crippen LogP contribution in [0.15, 0.2) is 11.6 Å². The summed E-state index contributed by atoms with van der Waals surface area (Å²) in [5, 5.41) is 11.2. The fraction of sp³-hybridized carbons (Fsp3) is 0.792. The summed E-state index contributed by atoms with van der Waals surface area (Å²) < 4.78 is 29.4. The molecule has 1 saturated carbocycles. The number of aliphatic hydroxyl groups is 1. The Morgan fingerprint density at radius 2 is 1.88 bits per heavy atom. The first kappa shape index (κ1) is 24.2. The lowest BCUT2D eigenvalue weighted by molar-refractivity contribution is -0.241. The molecule has 4 aliphatic rings. The number of rotatable bonds is 6. The Labute approximate surface area is 193 Å². The maximum absolute atomic E-state index is 12.5. The Morgan fingerprint density at radius 1 is 1.21 bits per heavy atom. The Hall–Kier alpha value is -1.97. The van der Waals surface area contributed by atoms with Gasteiger partial charge in [-0.1, -0.05) is 26.8 Å². The topological polar surface area (TPSA) is 121 Å². The van der Waals surface area contributed by atoms with Crippen LogP contribution in [0.4, 0.5) is 0 Å². The fourth-order valence-electron chi connectivity index (χ4n) is 6.26. The van der Waals surface area contributed by atoms with Crippen LogP contribution < -0.4 is 0 Å². The second-order valence-electron chi connectivity index (χ2n) is 10.5. The number of carbonyl (C=O) groups excluding carboxylic acids is 3. The van der Waals surface area contributed by atoms with Crippen LogP contribution in [0.1, 0.15) is 54.4 Å². The molecule has 4 rings (SSSR count). The number of aliphatic hydroxyl groups excluding tert-OH is 1. The minimum absolute atomic E-state index is 0.0617. The monoisotopic (exact) mass is 466 g/mol. The zero-order valence-corrected chi connectivity index (χ0v) is 20.1. The van der Waals surface area contributed by atoms with Crippen molar-refractivity contribution < 1.29 is 43.2 Å². The van der Waals surface area contributed by atoms with Crippen LogP contribution in [0.25, 0.3) is 0 Å². The number of hydrogen-bond donors (Lipinski definition) is 1. The molecular weight excluding hydrogens is 432 g/mol. The average Bonchev–Trinajstić information content (AvgIpc) is 3.48. The molecular formula is C24H34O9. The summed E-state index contributed by atoms with van der Waals surface area (Å²) in [6.07, 6.45) is -1.46. The van der Waals surface area contributed by atoms with Crippen molar-refractivity contribution >= 4 is 17.9 Å². The summed E-state index contributed by atoms with van der Waals surface area (Å²) in [5.41, 5.74) is -2.00. The summed E-state index contributed by atoms with van der Waals surface area (Å²) in [5.74, 6) is -1.18. The van der Waals surface area contributed by atoms with Crippen molar-refractivity contribution in [3.63, 3.8) is 0 Å². The van der Waals surface area contributed by atoms with Crippen molar-refractivity contribution in [1.82, 2.24) is 0 Å². The molecule has 0 amide bonds. The molecule has 9 nitrogen and oxygen atoms in total. The Bertz CT molecular complexity index is 875. The smallest absolute Gasteiger partial charge is 0.306 e. The number of ether oxygens (including phenoxy) is 5. The van der Waals surface area contributed by atoms with E-state index in [0.717, 1.165) is 5.57 Å². The van der Waals surface area contributed by atoms with Crippen molar-refractivity contribution in [3.8, 4) is 0 Å². The van der Waals surface area contributed by atoms with Crippen LogP contribution in [-0.2, 0) is 38.1 Å². The Kier molecular flexibility index (Phi) is 5.90. The van der Waals surface area contributed by atoms with Gasteiger partial charge in [-0.3, -0.25) is 14.4 Å². The van der Waals surface area contributed by atoms with Crippen molar-refractivity contribution in [2.24, 2.45) is 16.7 Å². The van der Waals surface area contributed by atoms with Gasteiger partial charge >= 0.3 is 17.9 Å². The van der Waals surface area contributed by atoms with Crippen LogP contribution in [0.3, 0.4) is 0 Å². The summed E-state index contributed by atoms with van der Waals surface area (Å²) in [6, 6.07) is 0. The highest BCUT2D eigenvalue weighted by Crippen LogP contribution is 2.72. The molecule has 2 bridgehead atoms. The molecule has 9 heteroatoms. The lowest BCUT2D eigenvalue weighted by Gasteiger charge is -2.58. The van der Waals surface area contributed by atoms with Gasteiger partial charge in [-0.2, -0.15) is 0 Å². The number of epoxide rings is 1. The number of hydrogen-bond acceptors (Lipinski definition) is 9. The van der Waals surface area contributed by atoms with Gasteiger partial charge in [0.05, 0.1) is 23.5 Å². The third-order valence-electron chi connectivity index (χ3n) is 8.00. The molecule has 3 fully saturated rings. The predicted molar refractivity (Wildman–Crippen MR) is 114 cm³/mol. The predicted octanol–water partition coefficient (Wildman–Crippen LogP) is 1.69. The van der Waals surface area contributed by atoms with Gasteiger partial charge in [0, 0.05) is 26.7 Å². The fourth-order valence-corrected chi connectivity index (χ4v) is 6.26. The number of esters is 3. The molecule has 0 aromatic carbocycles. The van der Waals surface area contributed by atoms with Gasteiger partial charge < -0.3 is 28.8 Å². The van der Waals surface area contributed by atoms with E-state index in [9.17, 15) is 19.5 Å². The van der Waals surface area contributed by atoms with E-state index in [2.05, 4.69) is 0 Å². The van der Waals surface area contributed by atoms with E-state index in [1.807, 2.05) is 33.8 Å². The standard InChI is InChI=1S/C24H34O9/c1-12(2)7-18(27)32-16-9-23(10-29-14(4)25)17(8-13(16)3)33-21-19(28)20(31-15(5)26)22(23,6)24(21)11-30-24/h8,12,16-17,19-21,28H,7,9-11H2,1-6H3/t16-,17-,19+,20+,21-,22-,23-,24-/m1/s1. The molecule has 2 heterocycles. The summed E-state index contributed by atoms with van der Waals surface area (Å²) in [7, 11) is 0. The van der Waals surface area contributed by atoms with Crippen LogP contribution in [-0.4, -0.2) is 72.3 Å². The van der Waals surface area contributed by atoms with Crippen LogP contribution in [0.2, 0.25) is 0 Å². The summed E-state index contributed by atoms with van der Waals surface area (Å²) in [6.45, 7) is 10.5. The third kappa shape index (κ3) is 3.51. The molecule has 0 radical (unpaired) electrons. The highest BCUT2D eigenvalue weighted by atomic mass is 16.7. The first-order valence-corrected chi connectivity index (χ1v) is 11.5. The van der Waals surface area contributed by atoms with Crippen LogP contribution in [0.5, 0.6) is 0 Å². The van der Waals surface area contributed by atoms with Gasteiger partial charge in [0.15, 0.2) is 0 Å². The molecule has 1 spiro atoms.